The van der Waals surface area contributed by atoms with E-state index in [1.165, 1.54) is 6.21 Å². The standard InChI is InChI=1S/C19H16N4O2/c20-11-13-1-3-14(4-2-13)12-21-23-19(25)16-7-9-17(10-8-16)22-18(24)15-5-6-15/h1-4,7-10,12,15H,5-6H2,(H,22,24)(H,23,25). The quantitative estimate of drug-likeness (QED) is 0.651. The van der Waals surface area contributed by atoms with Gasteiger partial charge in [-0.15, -0.1) is 0 Å². The highest BCUT2D eigenvalue weighted by Crippen LogP contribution is 2.30. The number of nitrogens with one attached hydrogen (secondary N) is 2. The number of carbonyl (C=O) groups is 2. The number of carbonyl (C=O) groups excluding carboxylic acids is 2. The number of hydrogen-bond acceptors (Lipinski definition) is 4. The van der Waals surface area contributed by atoms with E-state index in [1.807, 2.05) is 6.07 Å². The molecule has 0 unspecified atom stereocenters. The lowest BCUT2D eigenvalue weighted by Crippen LogP contribution is -2.18. The lowest BCUT2D eigenvalue weighted by atomic mass is 10.2. The zero-order chi connectivity index (χ0) is 17.6. The highest BCUT2D eigenvalue weighted by atomic mass is 16.2. The van der Waals surface area contributed by atoms with Crippen molar-refractivity contribution >= 4 is 23.7 Å². The molecule has 0 bridgehead atoms. The van der Waals surface area contributed by atoms with E-state index in [4.69, 9.17) is 5.26 Å². The Hall–Kier alpha value is -3.46. The van der Waals surface area contributed by atoms with Crippen molar-refractivity contribution in [1.29, 1.82) is 5.26 Å². The van der Waals surface area contributed by atoms with Crippen molar-refractivity contribution in [2.75, 3.05) is 5.32 Å². The number of rotatable bonds is 5. The maximum atomic E-state index is 12.0. The molecule has 3 rings (SSSR count). The summed E-state index contributed by atoms with van der Waals surface area (Å²) in [4.78, 5) is 23.7. The number of nitrogens with zero attached hydrogens (tertiary/aromatic N) is 2. The topological polar surface area (TPSA) is 94.3 Å². The van der Waals surface area contributed by atoms with E-state index >= 15 is 0 Å². The van der Waals surface area contributed by atoms with Gasteiger partial charge in [0.2, 0.25) is 5.91 Å². The fraction of sp³-hybridized carbons (Fsp3) is 0.158. The molecule has 25 heavy (non-hydrogen) atoms. The smallest absolute Gasteiger partial charge is 0.271 e. The second kappa shape index (κ2) is 7.41. The molecule has 6 nitrogen and oxygen atoms in total. The van der Waals surface area contributed by atoms with E-state index in [-0.39, 0.29) is 17.7 Å². The van der Waals surface area contributed by atoms with Crippen molar-refractivity contribution in [1.82, 2.24) is 5.43 Å². The summed E-state index contributed by atoms with van der Waals surface area (Å²) in [5.74, 6) is -0.172. The van der Waals surface area contributed by atoms with Crippen molar-refractivity contribution in [2.24, 2.45) is 11.0 Å². The van der Waals surface area contributed by atoms with Gasteiger partial charge in [0.1, 0.15) is 0 Å². The summed E-state index contributed by atoms with van der Waals surface area (Å²) >= 11 is 0. The molecule has 0 aromatic heterocycles. The van der Waals surface area contributed by atoms with Crippen molar-refractivity contribution in [2.45, 2.75) is 12.8 Å². The van der Waals surface area contributed by atoms with Crippen molar-refractivity contribution in [3.63, 3.8) is 0 Å². The summed E-state index contributed by atoms with van der Waals surface area (Å²) in [7, 11) is 0. The summed E-state index contributed by atoms with van der Waals surface area (Å²) in [5.41, 5.74) is 4.90. The van der Waals surface area contributed by atoms with Gasteiger partial charge in [-0.1, -0.05) is 12.1 Å². The van der Waals surface area contributed by atoms with Crippen molar-refractivity contribution < 1.29 is 9.59 Å². The Labute approximate surface area is 145 Å². The van der Waals surface area contributed by atoms with Crippen LogP contribution in [0.15, 0.2) is 53.6 Å². The Morgan fingerprint density at radius 2 is 1.76 bits per heavy atom. The molecule has 124 valence electrons. The lowest BCUT2D eigenvalue weighted by molar-refractivity contribution is -0.117. The van der Waals surface area contributed by atoms with E-state index in [1.54, 1.807) is 48.5 Å². The number of hydrogen-bond donors (Lipinski definition) is 2. The van der Waals surface area contributed by atoms with Gasteiger partial charge in [-0.3, -0.25) is 9.59 Å². The maximum absolute atomic E-state index is 12.0. The second-order valence-electron chi connectivity index (χ2n) is 5.77. The highest BCUT2D eigenvalue weighted by molar-refractivity contribution is 5.97. The summed E-state index contributed by atoms with van der Waals surface area (Å²) < 4.78 is 0. The van der Waals surface area contributed by atoms with Gasteiger partial charge in [-0.05, 0) is 54.8 Å². The summed E-state index contributed by atoms with van der Waals surface area (Å²) in [6.07, 6.45) is 3.40. The fourth-order valence-corrected chi connectivity index (χ4v) is 2.17. The predicted octanol–water partition coefficient (Wildman–Crippen LogP) is 2.67. The van der Waals surface area contributed by atoms with Crippen LogP contribution < -0.4 is 10.7 Å². The minimum absolute atomic E-state index is 0.0317. The number of anilines is 1. The molecule has 0 spiro atoms. The average molecular weight is 332 g/mol. The predicted molar refractivity (Wildman–Crippen MR) is 94.0 cm³/mol. The van der Waals surface area contributed by atoms with Crippen LogP contribution in [0.3, 0.4) is 0 Å². The molecule has 2 amide bonds. The third-order valence-corrected chi connectivity index (χ3v) is 3.78. The van der Waals surface area contributed by atoms with Gasteiger partial charge in [0.05, 0.1) is 17.8 Å². The molecule has 1 fully saturated rings. The van der Waals surface area contributed by atoms with E-state index in [9.17, 15) is 9.59 Å². The summed E-state index contributed by atoms with van der Waals surface area (Å²) in [6.45, 7) is 0. The van der Waals surface area contributed by atoms with Gasteiger partial charge in [-0.25, -0.2) is 5.43 Å². The average Bonchev–Trinajstić information content (AvgIpc) is 3.48. The molecule has 0 heterocycles. The Morgan fingerprint density at radius 3 is 2.36 bits per heavy atom. The van der Waals surface area contributed by atoms with Crippen LogP contribution in [0.1, 0.15) is 34.3 Å². The number of nitriles is 1. The van der Waals surface area contributed by atoms with Crippen molar-refractivity contribution in [3.05, 3.63) is 65.2 Å². The first-order chi connectivity index (χ1) is 12.2. The molecular weight excluding hydrogens is 316 g/mol. The molecule has 2 aromatic rings. The Balaban J connectivity index is 1.54. The van der Waals surface area contributed by atoms with Gasteiger partial charge in [0, 0.05) is 17.2 Å². The number of amides is 2. The third kappa shape index (κ3) is 4.52. The van der Waals surface area contributed by atoms with Crippen LogP contribution in [0.25, 0.3) is 0 Å². The highest BCUT2D eigenvalue weighted by Gasteiger charge is 2.29. The maximum Gasteiger partial charge on any atom is 0.271 e. The van der Waals surface area contributed by atoms with Crippen LogP contribution >= 0.6 is 0 Å². The molecule has 2 N–H and O–H groups in total. The molecule has 1 aliphatic rings. The fourth-order valence-electron chi connectivity index (χ4n) is 2.17. The first kappa shape index (κ1) is 16.4. The monoisotopic (exact) mass is 332 g/mol. The molecule has 1 aliphatic carbocycles. The number of benzene rings is 2. The van der Waals surface area contributed by atoms with Crippen LogP contribution in [0.4, 0.5) is 5.69 Å². The molecule has 0 radical (unpaired) electrons. The first-order valence-electron chi connectivity index (χ1n) is 7.90. The normalized spacial score (nSPS) is 13.2. The Bertz CT molecular complexity index is 844. The van der Waals surface area contributed by atoms with Gasteiger partial charge in [0.15, 0.2) is 0 Å². The van der Waals surface area contributed by atoms with Gasteiger partial charge < -0.3 is 5.32 Å². The SMILES string of the molecule is N#Cc1ccc(C=NNC(=O)c2ccc(NC(=O)C3CC3)cc2)cc1. The molecule has 1 saturated carbocycles. The lowest BCUT2D eigenvalue weighted by Gasteiger charge is -2.05. The molecule has 0 atom stereocenters. The van der Waals surface area contributed by atoms with Crippen LogP contribution in [0.2, 0.25) is 0 Å². The van der Waals surface area contributed by atoms with Gasteiger partial charge in [-0.2, -0.15) is 10.4 Å². The Kier molecular flexibility index (Phi) is 4.86. The third-order valence-electron chi connectivity index (χ3n) is 3.78. The zero-order valence-corrected chi connectivity index (χ0v) is 13.4. The summed E-state index contributed by atoms with van der Waals surface area (Å²) in [5, 5.41) is 15.5. The van der Waals surface area contributed by atoms with Crippen molar-refractivity contribution in [3.8, 4) is 6.07 Å². The minimum atomic E-state index is -0.343. The van der Waals surface area contributed by atoms with Crippen LogP contribution in [-0.4, -0.2) is 18.0 Å². The minimum Gasteiger partial charge on any atom is -0.326 e. The molecule has 6 heteroatoms. The molecule has 0 saturated heterocycles. The first-order valence-corrected chi connectivity index (χ1v) is 7.90. The zero-order valence-electron chi connectivity index (χ0n) is 13.4. The van der Waals surface area contributed by atoms with Gasteiger partial charge in [0.25, 0.3) is 5.91 Å². The van der Waals surface area contributed by atoms with E-state index in [0.717, 1.165) is 18.4 Å². The van der Waals surface area contributed by atoms with Crippen LogP contribution in [-0.2, 0) is 4.79 Å². The van der Waals surface area contributed by atoms with E-state index in [2.05, 4.69) is 15.8 Å². The summed E-state index contributed by atoms with van der Waals surface area (Å²) in [6, 6.07) is 15.5. The molecule has 0 aliphatic heterocycles. The molecule has 2 aromatic carbocycles. The van der Waals surface area contributed by atoms with Gasteiger partial charge >= 0.3 is 0 Å². The second-order valence-corrected chi connectivity index (χ2v) is 5.77. The van der Waals surface area contributed by atoms with Crippen LogP contribution in [0, 0.1) is 17.2 Å². The van der Waals surface area contributed by atoms with E-state index in [0.29, 0.717) is 16.8 Å². The van der Waals surface area contributed by atoms with E-state index < -0.39 is 0 Å². The molecular formula is C19H16N4O2. The Morgan fingerprint density at radius 1 is 1.08 bits per heavy atom. The van der Waals surface area contributed by atoms with Crippen LogP contribution in [0.5, 0.6) is 0 Å². The number of hydrazone groups is 1. The largest absolute Gasteiger partial charge is 0.326 e.